The van der Waals surface area contributed by atoms with Gasteiger partial charge in [0.15, 0.2) is 0 Å². The van der Waals surface area contributed by atoms with Gasteiger partial charge in [-0.1, -0.05) is 331 Å². The lowest BCUT2D eigenvalue weighted by Crippen LogP contribution is -2.40. The number of hydrogen-bond donors (Lipinski definition) is 0. The van der Waals surface area contributed by atoms with Crippen LogP contribution in [0.3, 0.4) is 0 Å². The van der Waals surface area contributed by atoms with Gasteiger partial charge < -0.3 is 18.6 Å². The van der Waals surface area contributed by atoms with Crippen LogP contribution in [0.2, 0.25) is 0 Å². The van der Waals surface area contributed by atoms with Crippen LogP contribution in [0.5, 0.6) is 0 Å². The molecule has 24 rings (SSSR count). The average molecular weight is 1530 g/mol. The van der Waals surface area contributed by atoms with Gasteiger partial charge in [0.05, 0.1) is 10.8 Å². The van der Waals surface area contributed by atoms with Crippen LogP contribution < -0.4 is 9.80 Å². The first-order valence-corrected chi connectivity index (χ1v) is 41.9. The molecule has 2 spiro atoms. The molecular formula is C116H80N2O2. The fraction of sp³-hybridized carbons (Fsp3) is 0.0690. The van der Waals surface area contributed by atoms with Crippen molar-refractivity contribution in [3.8, 4) is 77.9 Å². The van der Waals surface area contributed by atoms with Crippen LogP contribution >= 0.6 is 0 Å². The summed E-state index contributed by atoms with van der Waals surface area (Å²) < 4.78 is 12.7. The fourth-order valence-electron chi connectivity index (χ4n) is 21.7. The summed E-state index contributed by atoms with van der Waals surface area (Å²) in [6.45, 7) is 9.69. The Hall–Kier alpha value is -14.8. The second kappa shape index (κ2) is 26.3. The number of hydrogen-bond acceptors (Lipinski definition) is 4. The highest BCUT2D eigenvalue weighted by Crippen LogP contribution is 2.66. The van der Waals surface area contributed by atoms with E-state index in [2.05, 4.69) is 432 Å². The van der Waals surface area contributed by atoms with Gasteiger partial charge in [-0.05, 0) is 254 Å². The second-order valence-corrected chi connectivity index (χ2v) is 34.1. The zero-order valence-corrected chi connectivity index (χ0v) is 67.0. The van der Waals surface area contributed by atoms with Gasteiger partial charge in [0.1, 0.15) is 22.3 Å². The molecule has 0 N–H and O–H groups in total. The fourth-order valence-corrected chi connectivity index (χ4v) is 21.7. The molecule has 0 aliphatic heterocycles. The molecule has 20 aromatic rings. The van der Waals surface area contributed by atoms with Crippen LogP contribution in [0, 0.1) is 0 Å². The van der Waals surface area contributed by atoms with E-state index in [9.17, 15) is 0 Å². The SMILES string of the molecule is CC1(C)c2ccccc2C2(c3ccccc3-c3ccccc32)c2cc(N(c3ccc(-c4ccc5c(c4)oc4ccccc45)cc3)c3cccc(-c4ccc(-c5cccc6c5-c5ccccc5C65c6ccccc6C(C)(C)c6cc(N(c7ccc(-c8ccccc8)cc7)c7ccc(-c8ccc9oc%10ccccc%10c9c8)cc7)ccc65)cc4)c3)ccc21. The van der Waals surface area contributed by atoms with Crippen LogP contribution in [0.15, 0.2) is 421 Å². The quantitative estimate of drug-likeness (QED) is 0.129. The Kier molecular flexibility index (Phi) is 15.2. The van der Waals surface area contributed by atoms with Gasteiger partial charge >= 0.3 is 0 Å². The third-order valence-corrected chi connectivity index (χ3v) is 27.2. The number of nitrogens with zero attached hydrogens (tertiary/aromatic N) is 2. The average Bonchev–Trinajstić information content (AvgIpc) is 1.46. The summed E-state index contributed by atoms with van der Waals surface area (Å²) in [6, 6.07) is 154. The molecule has 4 aliphatic carbocycles. The van der Waals surface area contributed by atoms with Crippen LogP contribution in [-0.2, 0) is 21.7 Å². The molecule has 0 amide bonds. The number of rotatable bonds is 11. The van der Waals surface area contributed by atoms with Crippen molar-refractivity contribution in [3.63, 3.8) is 0 Å². The summed E-state index contributed by atoms with van der Waals surface area (Å²) >= 11 is 0. The minimum Gasteiger partial charge on any atom is -0.456 e. The molecule has 120 heavy (non-hydrogen) atoms. The van der Waals surface area contributed by atoms with Crippen molar-refractivity contribution in [2.75, 3.05) is 9.80 Å². The van der Waals surface area contributed by atoms with E-state index in [0.717, 1.165) is 117 Å². The van der Waals surface area contributed by atoms with E-state index in [1.165, 1.54) is 106 Å². The number of anilines is 6. The lowest BCUT2D eigenvalue weighted by molar-refractivity contribution is 0.563. The topological polar surface area (TPSA) is 32.8 Å². The Balaban J connectivity index is 0.621. The van der Waals surface area contributed by atoms with Crippen molar-refractivity contribution >= 4 is 78.0 Å². The molecule has 0 fully saturated rings. The van der Waals surface area contributed by atoms with E-state index < -0.39 is 16.2 Å². The molecule has 1 unspecified atom stereocenters. The zero-order valence-electron chi connectivity index (χ0n) is 67.0. The molecule has 0 radical (unpaired) electrons. The van der Waals surface area contributed by atoms with E-state index in [4.69, 9.17) is 8.83 Å². The third kappa shape index (κ3) is 10.1. The summed E-state index contributed by atoms with van der Waals surface area (Å²) in [4.78, 5) is 4.93. The first kappa shape index (κ1) is 69.5. The van der Waals surface area contributed by atoms with Gasteiger partial charge in [-0.3, -0.25) is 0 Å². The minimum absolute atomic E-state index is 0.297. The zero-order chi connectivity index (χ0) is 79.7. The molecule has 2 heterocycles. The van der Waals surface area contributed by atoms with Gasteiger partial charge in [-0.15, -0.1) is 0 Å². The molecule has 18 aromatic carbocycles. The number of fused-ring (bicyclic) bond motifs is 24. The standard InChI is InChI=1S/C116H80N2O2/c1-113(2)99-37-16-18-39-102(99)115(96-34-13-8-28-89(96)90-29-9-14-35-97(90)115)107-72-87(62-65-101(107)113)118(84-60-52-77(53-61-84)81-54-64-93-91-30-11-20-42-108(91)120-111(93)70-81)85-27-22-26-79(68-85)75-44-46-78(47-45-75)88-33-23-41-105-112(88)94-32-10-15-36-98(94)116(105)103-40-19-17-38-100(103)114(3,4)106-71-86(63-66-104(106)116)117(82-56-48-74(49-57-82)73-24-6-5-7-25-73)83-58-50-76(51-59-83)80-55-67-110-95(69-80)92-31-12-21-43-109(92)119-110/h5-72H,1-4H3. The van der Waals surface area contributed by atoms with E-state index >= 15 is 0 Å². The first-order valence-electron chi connectivity index (χ1n) is 41.9. The van der Waals surface area contributed by atoms with Crippen LogP contribution in [-0.4, -0.2) is 0 Å². The molecule has 4 heteroatoms. The highest BCUT2D eigenvalue weighted by Gasteiger charge is 2.56. The molecule has 0 bridgehead atoms. The maximum atomic E-state index is 6.46. The second-order valence-electron chi connectivity index (χ2n) is 34.1. The smallest absolute Gasteiger partial charge is 0.136 e. The Labute approximate surface area is 698 Å². The summed E-state index contributed by atoms with van der Waals surface area (Å²) in [5.41, 5.74) is 40.5. The summed E-state index contributed by atoms with van der Waals surface area (Å²) in [7, 11) is 0. The molecule has 566 valence electrons. The van der Waals surface area contributed by atoms with Crippen molar-refractivity contribution in [1.82, 2.24) is 0 Å². The van der Waals surface area contributed by atoms with Crippen molar-refractivity contribution < 1.29 is 8.83 Å². The highest BCUT2D eigenvalue weighted by molar-refractivity contribution is 6.08. The van der Waals surface area contributed by atoms with Crippen LogP contribution in [0.1, 0.15) is 94.5 Å². The van der Waals surface area contributed by atoms with E-state index in [1.54, 1.807) is 0 Å². The lowest BCUT2D eigenvalue weighted by Gasteiger charge is -2.47. The van der Waals surface area contributed by atoms with Crippen molar-refractivity contribution in [3.05, 3.63) is 479 Å². The van der Waals surface area contributed by atoms with Gasteiger partial charge in [-0.25, -0.2) is 0 Å². The van der Waals surface area contributed by atoms with Crippen molar-refractivity contribution in [1.29, 1.82) is 0 Å². The van der Waals surface area contributed by atoms with Crippen molar-refractivity contribution in [2.45, 2.75) is 49.4 Å². The summed E-state index contributed by atoms with van der Waals surface area (Å²) in [5.74, 6) is 0. The lowest BCUT2D eigenvalue weighted by atomic mass is 9.55. The Bertz CT molecular complexity index is 7540. The number of furan rings is 2. The third-order valence-electron chi connectivity index (χ3n) is 27.2. The van der Waals surface area contributed by atoms with Gasteiger partial charge in [0.2, 0.25) is 0 Å². The van der Waals surface area contributed by atoms with Gasteiger partial charge in [0.25, 0.3) is 0 Å². The molecule has 4 aliphatic rings. The molecule has 0 saturated heterocycles. The Morgan fingerprint density at radius 3 is 1.13 bits per heavy atom. The molecule has 1 atom stereocenters. The van der Waals surface area contributed by atoms with Gasteiger partial charge in [0, 0.05) is 66.5 Å². The number of para-hydroxylation sites is 2. The highest BCUT2D eigenvalue weighted by atomic mass is 16.3. The Morgan fingerprint density at radius 2 is 0.517 bits per heavy atom. The Morgan fingerprint density at radius 1 is 0.175 bits per heavy atom. The van der Waals surface area contributed by atoms with Gasteiger partial charge in [-0.2, -0.15) is 0 Å². The van der Waals surface area contributed by atoms with E-state index in [-0.39, 0.29) is 5.41 Å². The normalized spacial score (nSPS) is 15.1. The minimum atomic E-state index is -0.644. The van der Waals surface area contributed by atoms with E-state index in [0.29, 0.717) is 0 Å². The molecular weight excluding hydrogens is 1450 g/mol. The van der Waals surface area contributed by atoms with E-state index in [1.807, 2.05) is 18.2 Å². The van der Waals surface area contributed by atoms with Crippen LogP contribution in [0.25, 0.3) is 122 Å². The maximum Gasteiger partial charge on any atom is 0.136 e. The monoisotopic (exact) mass is 1530 g/mol. The predicted octanol–water partition coefficient (Wildman–Crippen LogP) is 30.8. The van der Waals surface area contributed by atoms with Crippen LogP contribution in [0.4, 0.5) is 34.1 Å². The molecule has 0 saturated carbocycles. The molecule has 4 nitrogen and oxygen atoms in total. The number of benzene rings is 18. The predicted molar refractivity (Wildman–Crippen MR) is 496 cm³/mol. The van der Waals surface area contributed by atoms with Crippen molar-refractivity contribution in [2.24, 2.45) is 0 Å². The molecule has 2 aromatic heterocycles. The summed E-state index contributed by atoms with van der Waals surface area (Å²) in [5, 5.41) is 4.49. The largest absolute Gasteiger partial charge is 0.456 e. The summed E-state index contributed by atoms with van der Waals surface area (Å²) in [6.07, 6.45) is 0. The maximum absolute atomic E-state index is 6.46. The first-order chi connectivity index (χ1) is 59.0.